The van der Waals surface area contributed by atoms with Crippen LogP contribution in [-0.4, -0.2) is 13.5 Å². The molecule has 4 aliphatic heterocycles. The molecule has 0 bridgehead atoms. The number of aryl methyl sites for hydroxylation is 4. The maximum atomic E-state index is 16.3. The Bertz CT molecular complexity index is 4120. The lowest BCUT2D eigenvalue weighted by Gasteiger charge is -2.42. The van der Waals surface area contributed by atoms with E-state index in [4.69, 9.17) is 30.0 Å². The molecule has 424 valence electrons. The highest BCUT2D eigenvalue weighted by Crippen LogP contribution is 2.71. The minimum Gasteiger partial charge on any atom is -0.473 e. The number of nitrogens with zero attached hydrogens (tertiary/aromatic N) is 2. The van der Waals surface area contributed by atoms with Gasteiger partial charge in [-0.25, -0.2) is 0 Å². The second-order valence-corrected chi connectivity index (χ2v) is 28.9. The highest BCUT2D eigenvalue weighted by molar-refractivity contribution is 7.69. The molecule has 0 aromatic heterocycles. The highest BCUT2D eigenvalue weighted by Gasteiger charge is 2.55. The molecule has 12 heteroatoms. The molecule has 14 rings (SSSR count). The second kappa shape index (κ2) is 20.4. The largest absolute Gasteiger partial charge is 0.473 e. The van der Waals surface area contributed by atoms with Crippen LogP contribution in [-0.2, 0) is 39.0 Å². The number of hydrogen-bond acceptors (Lipinski definition) is 10. The Morgan fingerprint density at radius 1 is 0.412 bits per heavy atom. The van der Waals surface area contributed by atoms with Gasteiger partial charge in [0.15, 0.2) is 13.5 Å². The summed E-state index contributed by atoms with van der Waals surface area (Å²) in [4.78, 5) is 4.46. The Labute approximate surface area is 497 Å². The molecule has 85 heavy (non-hydrogen) atoms. The summed E-state index contributed by atoms with van der Waals surface area (Å²) in [5.41, 5.74) is 32.0. The van der Waals surface area contributed by atoms with E-state index < -0.39 is 25.0 Å². The van der Waals surface area contributed by atoms with Crippen LogP contribution in [0.2, 0.25) is 0 Å². The van der Waals surface area contributed by atoms with Crippen LogP contribution in [0.4, 0.5) is 22.7 Å². The molecule has 4 unspecified atom stereocenters. The Kier molecular flexibility index (Phi) is 13.0. The van der Waals surface area contributed by atoms with Crippen molar-refractivity contribution in [2.75, 3.05) is 34.7 Å². The summed E-state index contributed by atoms with van der Waals surface area (Å²) in [6.07, 6.45) is 0.723. The zero-order valence-electron chi connectivity index (χ0n) is 48.6. The van der Waals surface area contributed by atoms with Crippen molar-refractivity contribution in [1.29, 1.82) is 0 Å². The number of hydrogen-bond donors (Lipinski definition) is 2. The van der Waals surface area contributed by atoms with Gasteiger partial charge in [-0.2, -0.15) is 0 Å². The Morgan fingerprint density at radius 2 is 0.765 bits per heavy atom. The molecule has 0 amide bonds. The Hall–Kier alpha value is -8.94. The van der Waals surface area contributed by atoms with Crippen LogP contribution in [0.5, 0.6) is 23.0 Å². The third-order valence-corrected chi connectivity index (χ3v) is 24.8. The summed E-state index contributed by atoms with van der Waals surface area (Å²) in [7, 11) is -7.50. The molecular weight excluding hydrogens is 1090 g/mol. The maximum absolute atomic E-state index is 16.3. The molecule has 0 saturated carbocycles. The Morgan fingerprint density at radius 3 is 1.15 bits per heavy atom. The first-order chi connectivity index (χ1) is 41.0. The molecule has 10 nitrogen and oxygen atoms in total. The van der Waals surface area contributed by atoms with E-state index in [1.54, 1.807) is 0 Å². The molecule has 4 heterocycles. The first kappa shape index (κ1) is 54.0. The van der Waals surface area contributed by atoms with E-state index in [2.05, 4.69) is 133 Å². The fourth-order valence-corrected chi connectivity index (χ4v) is 19.3. The van der Waals surface area contributed by atoms with Gasteiger partial charge in [0.2, 0.25) is 0 Å². The quantitative estimate of drug-likeness (QED) is 0.101. The van der Waals surface area contributed by atoms with Gasteiger partial charge in [0.05, 0.1) is 10.6 Å². The lowest BCUT2D eigenvalue weighted by atomic mass is 9.89. The van der Waals surface area contributed by atoms with Gasteiger partial charge in [0, 0.05) is 58.1 Å². The van der Waals surface area contributed by atoms with Gasteiger partial charge in [0.25, 0.3) is 14.7 Å². The van der Waals surface area contributed by atoms with E-state index in [0.717, 1.165) is 119 Å². The van der Waals surface area contributed by atoms with Crippen LogP contribution in [0.1, 0.15) is 80.6 Å². The van der Waals surface area contributed by atoms with Gasteiger partial charge in [0.1, 0.15) is 33.3 Å². The summed E-state index contributed by atoms with van der Waals surface area (Å²) < 4.78 is 59.1. The SMILES string of the molecule is Cc1cc(C(C)(c2ccc(N3COc4ccc(Cc5ccc6c(c5)CN(c5ccc(C(C)(c7cc(C)c(N)c(C)c7)P7(=O)Oc8ccccc8-c8ccccc87)cc5)CO6)cc4C3)cc2)P2(=O)Oc3ccccc3-c3ccccc32)cc(C)c1N. The maximum Gasteiger partial charge on any atom is 0.292 e. The third kappa shape index (κ3) is 8.66. The monoisotopic (exact) mass is 1160 g/mol. The van der Waals surface area contributed by atoms with Crippen molar-refractivity contribution in [2.45, 2.75) is 71.4 Å². The number of rotatable bonds is 10. The molecule has 10 aromatic rings. The van der Waals surface area contributed by atoms with Gasteiger partial charge in [-0.1, -0.05) is 133 Å². The summed E-state index contributed by atoms with van der Waals surface area (Å²) in [5.74, 6) is 2.96. The molecule has 4 atom stereocenters. The summed E-state index contributed by atoms with van der Waals surface area (Å²) in [5, 5.41) is -0.793. The first-order valence-electron chi connectivity index (χ1n) is 29.0. The molecule has 4 aliphatic rings. The van der Waals surface area contributed by atoms with E-state index in [9.17, 15) is 0 Å². The van der Waals surface area contributed by atoms with Crippen LogP contribution in [0.25, 0.3) is 22.3 Å². The Balaban J connectivity index is 0.713. The standard InChI is InChI=1S/C73H66N4O6P2/c1-46-35-56(36-47(2)70(46)74)72(5,84(78)68-21-13-9-17-62(68)60-15-7-11-19-66(60)82-84)54-25-29-58(30-26-54)76-42-52-40-50(23-33-64(52)80-44-76)39-51-24-34-65-53(41-51)43-77(45-81-65)59-31-27-55(28-32-59)73(6,57-37-48(3)71(75)49(4)38-57)85(79)69-22-14-10-18-63(69)61-16-8-12-20-67(61)83-85/h7-38,40-41H,39,42-45,74-75H2,1-6H3. The van der Waals surface area contributed by atoms with Gasteiger partial charge < -0.3 is 39.8 Å². The summed E-state index contributed by atoms with van der Waals surface area (Å²) in [6.45, 7) is 14.2. The molecule has 0 spiro atoms. The zero-order valence-corrected chi connectivity index (χ0v) is 50.3. The van der Waals surface area contributed by atoms with Gasteiger partial charge in [-0.3, -0.25) is 9.13 Å². The van der Waals surface area contributed by atoms with Crippen LogP contribution in [0.15, 0.2) is 206 Å². The van der Waals surface area contributed by atoms with Gasteiger partial charge in [-0.15, -0.1) is 0 Å². The number of benzene rings is 10. The van der Waals surface area contributed by atoms with E-state index in [1.807, 2.05) is 125 Å². The number of nitrogen functional groups attached to an aromatic ring is 2. The predicted octanol–water partition coefficient (Wildman–Crippen LogP) is 16.2. The van der Waals surface area contributed by atoms with Crippen LogP contribution < -0.4 is 50.4 Å². The molecule has 4 N–H and O–H groups in total. The molecule has 0 aliphatic carbocycles. The lowest BCUT2D eigenvalue weighted by Crippen LogP contribution is -2.35. The number of anilines is 4. The number of ether oxygens (including phenoxy) is 2. The average molecular weight is 1160 g/mol. The van der Waals surface area contributed by atoms with E-state index in [-0.39, 0.29) is 0 Å². The van der Waals surface area contributed by atoms with Crippen LogP contribution in [0.3, 0.4) is 0 Å². The van der Waals surface area contributed by atoms with E-state index in [0.29, 0.717) is 48.7 Å². The van der Waals surface area contributed by atoms with Crippen molar-refractivity contribution < 1.29 is 27.7 Å². The highest BCUT2D eigenvalue weighted by atomic mass is 31.2. The molecule has 0 radical (unpaired) electrons. The van der Waals surface area contributed by atoms with Crippen molar-refractivity contribution in [3.05, 3.63) is 273 Å². The zero-order chi connectivity index (χ0) is 58.6. The van der Waals surface area contributed by atoms with Crippen molar-refractivity contribution >= 4 is 48.1 Å². The predicted molar refractivity (Wildman–Crippen MR) is 345 cm³/mol. The van der Waals surface area contributed by atoms with Crippen molar-refractivity contribution in [1.82, 2.24) is 0 Å². The minimum absolute atomic E-state index is 0.384. The first-order valence-corrected chi connectivity index (χ1v) is 32.2. The summed E-state index contributed by atoms with van der Waals surface area (Å²) >= 11 is 0. The second-order valence-electron chi connectivity index (χ2n) is 23.6. The fourth-order valence-electron chi connectivity index (χ4n) is 13.4. The molecule has 0 fully saturated rings. The fraction of sp³-hybridized carbons (Fsp3) is 0.178. The van der Waals surface area contributed by atoms with Gasteiger partial charge >= 0.3 is 0 Å². The molecular formula is C73H66N4O6P2. The normalized spacial score (nSPS) is 18.7. The number of nitrogens with two attached hydrogens (primary N) is 2. The van der Waals surface area contributed by atoms with Crippen molar-refractivity contribution in [2.24, 2.45) is 0 Å². The lowest BCUT2D eigenvalue weighted by molar-refractivity contribution is 0.289. The van der Waals surface area contributed by atoms with Crippen molar-refractivity contribution in [3.63, 3.8) is 0 Å². The number of para-hydroxylation sites is 2. The third-order valence-electron chi connectivity index (χ3n) is 18.5. The van der Waals surface area contributed by atoms with Crippen LogP contribution in [0, 0.1) is 27.7 Å². The topological polar surface area (TPSA) is 130 Å². The minimum atomic E-state index is -3.75. The van der Waals surface area contributed by atoms with Gasteiger partial charge in [-0.05, 0) is 188 Å². The smallest absolute Gasteiger partial charge is 0.292 e. The van der Waals surface area contributed by atoms with Crippen LogP contribution >= 0.6 is 14.7 Å². The molecule has 0 saturated heterocycles. The molecule has 10 aromatic carbocycles. The van der Waals surface area contributed by atoms with E-state index in [1.165, 1.54) is 11.1 Å². The summed E-state index contributed by atoms with van der Waals surface area (Å²) in [6, 6.07) is 69.8. The number of fused-ring (bicyclic) bond motifs is 8. The average Bonchev–Trinajstić information content (AvgIpc) is 1.15. The van der Waals surface area contributed by atoms with E-state index >= 15 is 9.13 Å². The van der Waals surface area contributed by atoms with Crippen molar-refractivity contribution in [3.8, 4) is 45.3 Å².